The molecule has 0 unspecified atom stereocenters. The minimum atomic E-state index is -0.823. The Hall–Kier alpha value is -2.08. The van der Waals surface area contributed by atoms with E-state index in [9.17, 15) is 9.90 Å². The zero-order valence-corrected chi connectivity index (χ0v) is 11.1. The summed E-state index contributed by atoms with van der Waals surface area (Å²) in [6, 6.07) is 7.09. The molecule has 1 aromatic rings. The van der Waals surface area contributed by atoms with Gasteiger partial charge in [-0.25, -0.2) is 0 Å². The Morgan fingerprint density at radius 2 is 2.15 bits per heavy atom. The van der Waals surface area contributed by atoms with E-state index < -0.39 is 12.0 Å². The van der Waals surface area contributed by atoms with Gasteiger partial charge in [0.05, 0.1) is 31.6 Å². The summed E-state index contributed by atoms with van der Waals surface area (Å²) in [5.41, 5.74) is 1.02. The average Bonchev–Trinajstić information content (AvgIpc) is 2.94. The number of hydrogen-bond donors (Lipinski definition) is 3. The van der Waals surface area contributed by atoms with Crippen molar-refractivity contribution in [3.05, 3.63) is 29.8 Å². The second-order valence-electron chi connectivity index (χ2n) is 5.09. The van der Waals surface area contributed by atoms with Crippen LogP contribution in [0.4, 0.5) is 0 Å². The molecule has 4 atom stereocenters. The molecule has 0 aromatic heterocycles. The minimum Gasteiger partial charge on any atom is -0.497 e. The van der Waals surface area contributed by atoms with Crippen molar-refractivity contribution in [2.75, 3.05) is 7.11 Å². The molecule has 106 valence electrons. The van der Waals surface area contributed by atoms with Crippen molar-refractivity contribution in [2.24, 2.45) is 4.99 Å². The Bertz CT molecular complexity index is 529. The first-order chi connectivity index (χ1) is 9.69. The van der Waals surface area contributed by atoms with E-state index in [0.717, 1.165) is 11.3 Å². The molecule has 0 aliphatic carbocycles. The molecule has 3 rings (SSSR count). The first kappa shape index (κ1) is 12.9. The second-order valence-corrected chi connectivity index (χ2v) is 5.09. The summed E-state index contributed by atoms with van der Waals surface area (Å²) in [5, 5.41) is 15.6. The number of ether oxygens (including phenoxy) is 1. The van der Waals surface area contributed by atoms with Crippen LogP contribution >= 0.6 is 0 Å². The fourth-order valence-electron chi connectivity index (χ4n) is 2.87. The Balaban J connectivity index is 1.87. The first-order valence-corrected chi connectivity index (χ1v) is 6.59. The van der Waals surface area contributed by atoms with Gasteiger partial charge in [-0.05, 0) is 24.1 Å². The summed E-state index contributed by atoms with van der Waals surface area (Å²) in [5.74, 6) is -0.0420. The lowest BCUT2D eigenvalue weighted by molar-refractivity contribution is -0.140. The Kier molecular flexibility index (Phi) is 3.31. The molecule has 2 aliphatic rings. The van der Waals surface area contributed by atoms with Crippen molar-refractivity contribution in [1.82, 2.24) is 10.6 Å². The molecule has 3 N–H and O–H groups in total. The molecule has 0 saturated carbocycles. The first-order valence-electron chi connectivity index (χ1n) is 6.59. The number of fused-ring (bicyclic) bond motifs is 1. The van der Waals surface area contributed by atoms with Crippen LogP contribution < -0.4 is 15.4 Å². The van der Waals surface area contributed by atoms with E-state index >= 15 is 0 Å². The van der Waals surface area contributed by atoms with Gasteiger partial charge in [0.25, 0.3) is 0 Å². The largest absolute Gasteiger partial charge is 0.497 e. The lowest BCUT2D eigenvalue weighted by Gasteiger charge is -2.37. The topological polar surface area (TPSA) is 83.0 Å². The molecule has 0 radical (unpaired) electrons. The average molecular weight is 275 g/mol. The third kappa shape index (κ3) is 2.22. The molecule has 2 heterocycles. The smallest absolute Gasteiger partial charge is 0.320 e. The number of benzene rings is 1. The van der Waals surface area contributed by atoms with Gasteiger partial charge in [0.2, 0.25) is 0 Å². The van der Waals surface area contributed by atoms with Gasteiger partial charge in [0.15, 0.2) is 0 Å². The van der Waals surface area contributed by atoms with Crippen LogP contribution in [0.25, 0.3) is 0 Å². The van der Waals surface area contributed by atoms with Crippen LogP contribution in [0, 0.1) is 0 Å². The van der Waals surface area contributed by atoms with E-state index in [2.05, 4.69) is 15.6 Å². The molecule has 2 aliphatic heterocycles. The standard InChI is InChI=1S/C14H17N3O3/c1-20-9-4-2-8(3-5-9)12-13-10(15-7-16-13)6-11(17-12)14(18)19/h2-5,7,10-13,17H,6H2,1H3,(H,15,16)(H,18,19)/t10-,11-,12+,13+/m1/s1. The zero-order valence-electron chi connectivity index (χ0n) is 11.1. The van der Waals surface area contributed by atoms with Crippen molar-refractivity contribution in [1.29, 1.82) is 0 Å². The third-order valence-corrected chi connectivity index (χ3v) is 3.93. The van der Waals surface area contributed by atoms with Crippen LogP contribution in [0.2, 0.25) is 0 Å². The predicted octanol–water partition coefficient (Wildman–Crippen LogP) is 0.552. The van der Waals surface area contributed by atoms with Crippen LogP contribution in [0.1, 0.15) is 18.0 Å². The SMILES string of the molecule is COc1ccc([C@@H]2N[C@@H](C(=O)O)C[C@H]3NC=N[C@@H]32)cc1. The van der Waals surface area contributed by atoms with Gasteiger partial charge < -0.3 is 15.2 Å². The second kappa shape index (κ2) is 5.13. The summed E-state index contributed by atoms with van der Waals surface area (Å²) in [6.45, 7) is 0. The molecule has 1 saturated heterocycles. The fourth-order valence-corrected chi connectivity index (χ4v) is 2.87. The van der Waals surface area contributed by atoms with E-state index in [1.165, 1.54) is 0 Å². The van der Waals surface area contributed by atoms with E-state index in [1.807, 2.05) is 24.3 Å². The number of aliphatic carboxylic acids is 1. The molecule has 6 nitrogen and oxygen atoms in total. The number of nitrogens with zero attached hydrogens (tertiary/aromatic N) is 1. The van der Waals surface area contributed by atoms with E-state index in [-0.39, 0.29) is 18.1 Å². The molecular formula is C14H17N3O3. The van der Waals surface area contributed by atoms with E-state index in [4.69, 9.17) is 4.74 Å². The van der Waals surface area contributed by atoms with Gasteiger partial charge in [0, 0.05) is 0 Å². The summed E-state index contributed by atoms with van der Waals surface area (Å²) in [6.07, 6.45) is 2.21. The predicted molar refractivity (Wildman–Crippen MR) is 74.1 cm³/mol. The van der Waals surface area contributed by atoms with Gasteiger partial charge in [-0.3, -0.25) is 15.1 Å². The molecule has 1 fully saturated rings. The van der Waals surface area contributed by atoms with Crippen molar-refractivity contribution in [2.45, 2.75) is 30.6 Å². The van der Waals surface area contributed by atoms with Crippen molar-refractivity contribution >= 4 is 12.3 Å². The number of carboxylic acids is 1. The summed E-state index contributed by atoms with van der Waals surface area (Å²) in [7, 11) is 1.62. The highest BCUT2D eigenvalue weighted by atomic mass is 16.5. The number of piperidine rings is 1. The van der Waals surface area contributed by atoms with Crippen molar-refractivity contribution in [3.63, 3.8) is 0 Å². The Morgan fingerprint density at radius 1 is 1.40 bits per heavy atom. The Labute approximate surface area is 116 Å². The van der Waals surface area contributed by atoms with E-state index in [1.54, 1.807) is 13.4 Å². The van der Waals surface area contributed by atoms with Crippen LogP contribution in [0.3, 0.4) is 0 Å². The minimum absolute atomic E-state index is 0.0268. The van der Waals surface area contributed by atoms with Gasteiger partial charge >= 0.3 is 5.97 Å². The quantitative estimate of drug-likeness (QED) is 0.750. The monoisotopic (exact) mass is 275 g/mol. The highest BCUT2D eigenvalue weighted by molar-refractivity contribution is 5.74. The number of nitrogens with one attached hydrogen (secondary N) is 2. The summed E-state index contributed by atoms with van der Waals surface area (Å²) >= 11 is 0. The number of carboxylic acid groups (broad SMARTS) is 1. The lowest BCUT2D eigenvalue weighted by atomic mass is 9.86. The fraction of sp³-hybridized carbons (Fsp3) is 0.429. The van der Waals surface area contributed by atoms with Crippen molar-refractivity contribution < 1.29 is 14.6 Å². The van der Waals surface area contributed by atoms with Gasteiger partial charge in [-0.1, -0.05) is 12.1 Å². The van der Waals surface area contributed by atoms with Crippen molar-refractivity contribution in [3.8, 4) is 5.75 Å². The van der Waals surface area contributed by atoms with Crippen LogP contribution in [-0.2, 0) is 4.79 Å². The molecule has 0 spiro atoms. The number of methoxy groups -OCH3 is 1. The van der Waals surface area contributed by atoms with Crippen LogP contribution in [0.15, 0.2) is 29.3 Å². The number of hydrogen-bond acceptors (Lipinski definition) is 5. The lowest BCUT2D eigenvalue weighted by Crippen LogP contribution is -2.55. The number of aliphatic imine (C=N–C) groups is 1. The van der Waals surface area contributed by atoms with Gasteiger partial charge in [-0.2, -0.15) is 0 Å². The molecular weight excluding hydrogens is 258 g/mol. The molecule has 0 amide bonds. The summed E-state index contributed by atoms with van der Waals surface area (Å²) in [4.78, 5) is 15.7. The van der Waals surface area contributed by atoms with Crippen LogP contribution in [-0.4, -0.2) is 42.6 Å². The molecule has 1 aromatic carbocycles. The highest BCUT2D eigenvalue weighted by Crippen LogP contribution is 2.31. The maximum absolute atomic E-state index is 11.3. The molecule has 6 heteroatoms. The van der Waals surface area contributed by atoms with Gasteiger partial charge in [-0.15, -0.1) is 0 Å². The molecule has 20 heavy (non-hydrogen) atoms. The Morgan fingerprint density at radius 3 is 2.80 bits per heavy atom. The maximum atomic E-state index is 11.3. The highest BCUT2D eigenvalue weighted by Gasteiger charge is 2.42. The van der Waals surface area contributed by atoms with Gasteiger partial charge in [0.1, 0.15) is 11.8 Å². The molecule has 0 bridgehead atoms. The zero-order chi connectivity index (χ0) is 14.1. The normalized spacial score (nSPS) is 31.4. The van der Waals surface area contributed by atoms with E-state index in [0.29, 0.717) is 6.42 Å². The maximum Gasteiger partial charge on any atom is 0.320 e. The summed E-state index contributed by atoms with van der Waals surface area (Å²) < 4.78 is 5.15. The number of rotatable bonds is 3. The number of carbonyl (C=O) groups is 1. The third-order valence-electron chi connectivity index (χ3n) is 3.93. The van der Waals surface area contributed by atoms with Crippen LogP contribution in [0.5, 0.6) is 5.75 Å².